The second-order valence-corrected chi connectivity index (χ2v) is 5.95. The number of carbonyl (C=O) groups excluding carboxylic acids is 1. The summed E-state index contributed by atoms with van der Waals surface area (Å²) in [5, 5.41) is 6.18. The molecule has 0 aliphatic rings. The fourth-order valence-electron chi connectivity index (χ4n) is 1.78. The molecular weight excluding hydrogens is 254 g/mol. The number of amides is 1. The van der Waals surface area contributed by atoms with Gasteiger partial charge in [0.15, 0.2) is 0 Å². The van der Waals surface area contributed by atoms with E-state index in [0.717, 1.165) is 0 Å². The number of hydrogen-bond donors (Lipinski definition) is 2. The van der Waals surface area contributed by atoms with Crippen LogP contribution in [0.15, 0.2) is 24.5 Å². The lowest BCUT2D eigenvalue weighted by Gasteiger charge is -2.23. The summed E-state index contributed by atoms with van der Waals surface area (Å²) >= 11 is 0. The van der Waals surface area contributed by atoms with Gasteiger partial charge in [-0.05, 0) is 52.3 Å². The van der Waals surface area contributed by atoms with E-state index in [1.807, 2.05) is 39.8 Å². The molecule has 112 valence electrons. The molecule has 1 aromatic rings. The van der Waals surface area contributed by atoms with E-state index >= 15 is 0 Å². The Balaban J connectivity index is 2.33. The molecule has 1 rings (SSSR count). The Kier molecular flexibility index (Phi) is 5.95. The summed E-state index contributed by atoms with van der Waals surface area (Å²) in [5.74, 6) is 0. The van der Waals surface area contributed by atoms with Crippen LogP contribution in [0.2, 0.25) is 0 Å². The van der Waals surface area contributed by atoms with Crippen molar-refractivity contribution in [3.8, 4) is 0 Å². The first kappa shape index (κ1) is 16.4. The van der Waals surface area contributed by atoms with Gasteiger partial charge in [-0.3, -0.25) is 4.98 Å². The fraction of sp³-hybridized carbons (Fsp3) is 0.600. The van der Waals surface area contributed by atoms with Crippen LogP contribution in [0.25, 0.3) is 0 Å². The molecule has 0 spiro atoms. The Hall–Kier alpha value is -1.62. The lowest BCUT2D eigenvalue weighted by Crippen LogP contribution is -2.41. The van der Waals surface area contributed by atoms with Crippen LogP contribution in [0.1, 0.15) is 46.2 Å². The van der Waals surface area contributed by atoms with Crippen molar-refractivity contribution in [2.75, 3.05) is 6.54 Å². The lowest BCUT2D eigenvalue weighted by atomic mass is 10.1. The van der Waals surface area contributed by atoms with Gasteiger partial charge in [-0.1, -0.05) is 0 Å². The zero-order chi connectivity index (χ0) is 15.2. The molecule has 2 N–H and O–H groups in total. The van der Waals surface area contributed by atoms with Gasteiger partial charge in [0, 0.05) is 31.0 Å². The van der Waals surface area contributed by atoms with E-state index in [9.17, 15) is 4.79 Å². The van der Waals surface area contributed by atoms with E-state index < -0.39 is 5.60 Å². The Morgan fingerprint density at radius 1 is 1.30 bits per heavy atom. The quantitative estimate of drug-likeness (QED) is 0.869. The number of nitrogens with one attached hydrogen (secondary N) is 2. The molecule has 0 saturated heterocycles. The topological polar surface area (TPSA) is 63.2 Å². The molecule has 0 aliphatic carbocycles. The number of nitrogens with zero attached hydrogens (tertiary/aromatic N) is 1. The third-order valence-corrected chi connectivity index (χ3v) is 2.69. The van der Waals surface area contributed by atoms with Gasteiger partial charge in [-0.15, -0.1) is 0 Å². The summed E-state index contributed by atoms with van der Waals surface area (Å²) in [4.78, 5) is 15.5. The van der Waals surface area contributed by atoms with Crippen molar-refractivity contribution in [3.63, 3.8) is 0 Å². The average Bonchev–Trinajstić information content (AvgIpc) is 2.35. The van der Waals surface area contributed by atoms with Crippen molar-refractivity contribution in [2.24, 2.45) is 0 Å². The van der Waals surface area contributed by atoms with Gasteiger partial charge in [-0.25, -0.2) is 4.79 Å². The van der Waals surface area contributed by atoms with Crippen LogP contribution in [0, 0.1) is 0 Å². The van der Waals surface area contributed by atoms with Crippen LogP contribution < -0.4 is 10.6 Å². The molecule has 0 fully saturated rings. The monoisotopic (exact) mass is 279 g/mol. The summed E-state index contributed by atoms with van der Waals surface area (Å²) in [6.07, 6.45) is 3.16. The standard InChI is InChI=1S/C15H25N3O2/c1-11(10-17-14(19)20-15(3,4)5)18-12(2)13-6-8-16-9-7-13/h6-9,11-12,18H,10H2,1-5H3,(H,17,19)/t11?,12-/m1/s1. The van der Waals surface area contributed by atoms with Gasteiger partial charge in [0.25, 0.3) is 0 Å². The largest absolute Gasteiger partial charge is 0.444 e. The van der Waals surface area contributed by atoms with E-state index in [0.29, 0.717) is 6.54 Å². The van der Waals surface area contributed by atoms with Gasteiger partial charge in [0.05, 0.1) is 0 Å². The van der Waals surface area contributed by atoms with Gasteiger partial charge in [-0.2, -0.15) is 0 Å². The van der Waals surface area contributed by atoms with Gasteiger partial charge < -0.3 is 15.4 Å². The molecule has 0 radical (unpaired) electrons. The molecule has 1 unspecified atom stereocenters. The minimum Gasteiger partial charge on any atom is -0.444 e. The first-order chi connectivity index (χ1) is 9.28. The Morgan fingerprint density at radius 2 is 1.90 bits per heavy atom. The van der Waals surface area contributed by atoms with Crippen molar-refractivity contribution < 1.29 is 9.53 Å². The van der Waals surface area contributed by atoms with Crippen LogP contribution in [0.5, 0.6) is 0 Å². The van der Waals surface area contributed by atoms with E-state index in [-0.39, 0.29) is 18.2 Å². The highest BCUT2D eigenvalue weighted by atomic mass is 16.6. The van der Waals surface area contributed by atoms with Crippen molar-refractivity contribution in [2.45, 2.75) is 52.3 Å². The van der Waals surface area contributed by atoms with Crippen LogP contribution in [-0.2, 0) is 4.74 Å². The summed E-state index contributed by atoms with van der Waals surface area (Å²) in [6, 6.07) is 4.30. The molecular formula is C15H25N3O2. The maximum atomic E-state index is 11.5. The van der Waals surface area contributed by atoms with Crippen molar-refractivity contribution in [1.82, 2.24) is 15.6 Å². The number of ether oxygens (including phenoxy) is 1. The minimum atomic E-state index is -0.467. The van der Waals surface area contributed by atoms with E-state index in [4.69, 9.17) is 4.74 Å². The summed E-state index contributed by atoms with van der Waals surface area (Å²) in [5.41, 5.74) is 0.703. The molecule has 0 aliphatic heterocycles. The number of hydrogen-bond acceptors (Lipinski definition) is 4. The van der Waals surface area contributed by atoms with Crippen LogP contribution >= 0.6 is 0 Å². The maximum Gasteiger partial charge on any atom is 0.407 e. The maximum absolute atomic E-state index is 11.5. The van der Waals surface area contributed by atoms with Gasteiger partial charge in [0.2, 0.25) is 0 Å². The summed E-state index contributed by atoms with van der Waals surface area (Å²) < 4.78 is 5.19. The Labute approximate surface area is 121 Å². The normalized spacial score (nSPS) is 14.4. The highest BCUT2D eigenvalue weighted by molar-refractivity contribution is 5.67. The van der Waals surface area contributed by atoms with E-state index in [2.05, 4.69) is 22.5 Å². The molecule has 0 bridgehead atoms. The zero-order valence-electron chi connectivity index (χ0n) is 12.9. The average molecular weight is 279 g/mol. The molecule has 0 saturated carbocycles. The number of alkyl carbamates (subject to hydrolysis) is 1. The molecule has 1 aromatic heterocycles. The smallest absolute Gasteiger partial charge is 0.407 e. The molecule has 1 amide bonds. The van der Waals surface area contributed by atoms with Crippen LogP contribution in [0.4, 0.5) is 4.79 Å². The van der Waals surface area contributed by atoms with Crippen LogP contribution in [-0.4, -0.2) is 29.3 Å². The molecule has 1 heterocycles. The SMILES string of the molecule is CC(CNC(=O)OC(C)(C)C)N[C@H](C)c1ccncc1. The van der Waals surface area contributed by atoms with E-state index in [1.54, 1.807) is 12.4 Å². The first-order valence-electron chi connectivity index (χ1n) is 6.91. The number of carbonyl (C=O) groups is 1. The third kappa shape index (κ3) is 6.52. The summed E-state index contributed by atoms with van der Waals surface area (Å²) in [7, 11) is 0. The molecule has 2 atom stereocenters. The minimum absolute atomic E-state index is 0.144. The first-order valence-corrected chi connectivity index (χ1v) is 6.91. The lowest BCUT2D eigenvalue weighted by molar-refractivity contribution is 0.0522. The van der Waals surface area contributed by atoms with Gasteiger partial charge >= 0.3 is 6.09 Å². The molecule has 0 aromatic carbocycles. The second kappa shape index (κ2) is 7.24. The molecule has 5 nitrogen and oxygen atoms in total. The summed E-state index contributed by atoms with van der Waals surface area (Å²) in [6.45, 7) is 10.2. The van der Waals surface area contributed by atoms with E-state index in [1.165, 1.54) is 5.56 Å². The fourth-order valence-corrected chi connectivity index (χ4v) is 1.78. The molecule has 20 heavy (non-hydrogen) atoms. The van der Waals surface area contributed by atoms with Crippen molar-refractivity contribution >= 4 is 6.09 Å². The number of pyridine rings is 1. The highest BCUT2D eigenvalue weighted by Gasteiger charge is 2.17. The molecule has 5 heteroatoms. The second-order valence-electron chi connectivity index (χ2n) is 5.95. The Morgan fingerprint density at radius 3 is 2.45 bits per heavy atom. The number of rotatable bonds is 5. The van der Waals surface area contributed by atoms with Crippen molar-refractivity contribution in [1.29, 1.82) is 0 Å². The highest BCUT2D eigenvalue weighted by Crippen LogP contribution is 2.11. The third-order valence-electron chi connectivity index (χ3n) is 2.69. The number of aromatic nitrogens is 1. The zero-order valence-corrected chi connectivity index (χ0v) is 12.9. The van der Waals surface area contributed by atoms with Crippen molar-refractivity contribution in [3.05, 3.63) is 30.1 Å². The predicted octanol–water partition coefficient (Wildman–Crippen LogP) is 2.65. The van der Waals surface area contributed by atoms with Gasteiger partial charge in [0.1, 0.15) is 5.60 Å². The predicted molar refractivity (Wildman–Crippen MR) is 79.5 cm³/mol. The van der Waals surface area contributed by atoms with Crippen LogP contribution in [0.3, 0.4) is 0 Å². The Bertz CT molecular complexity index is 415.